The highest BCUT2D eigenvalue weighted by atomic mass is 16.6. The number of ether oxygens (including phenoxy) is 1. The molecular formula is C11H18N2O3. The van der Waals surface area contributed by atoms with Crippen molar-refractivity contribution in [3.63, 3.8) is 0 Å². The maximum absolute atomic E-state index is 12.0. The van der Waals surface area contributed by atoms with E-state index in [0.717, 1.165) is 0 Å². The van der Waals surface area contributed by atoms with Gasteiger partial charge in [0.1, 0.15) is 11.6 Å². The molecule has 5 nitrogen and oxygen atoms in total. The third-order valence-electron chi connectivity index (χ3n) is 3.03. The topological polar surface area (TPSA) is 67.4 Å². The van der Waals surface area contributed by atoms with Gasteiger partial charge in [0.25, 0.3) is 0 Å². The van der Waals surface area contributed by atoms with E-state index in [2.05, 4.69) is 10.6 Å². The lowest BCUT2D eigenvalue weighted by Gasteiger charge is -2.42. The van der Waals surface area contributed by atoms with Crippen molar-refractivity contribution < 1.29 is 14.3 Å². The van der Waals surface area contributed by atoms with E-state index >= 15 is 0 Å². The zero-order valence-corrected chi connectivity index (χ0v) is 9.92. The van der Waals surface area contributed by atoms with Crippen LogP contribution in [0.5, 0.6) is 0 Å². The molecule has 1 amide bonds. The van der Waals surface area contributed by atoms with E-state index in [9.17, 15) is 9.59 Å². The van der Waals surface area contributed by atoms with Gasteiger partial charge in [-0.3, -0.25) is 4.79 Å². The van der Waals surface area contributed by atoms with Gasteiger partial charge >= 0.3 is 5.97 Å². The van der Waals surface area contributed by atoms with E-state index in [0.29, 0.717) is 19.5 Å². The number of nitrogens with one attached hydrogen (secondary N) is 2. The van der Waals surface area contributed by atoms with E-state index in [1.165, 1.54) is 0 Å². The van der Waals surface area contributed by atoms with Crippen LogP contribution in [0.4, 0.5) is 0 Å². The molecule has 0 radical (unpaired) electrons. The van der Waals surface area contributed by atoms with Crippen LogP contribution < -0.4 is 10.6 Å². The molecule has 2 rings (SSSR count). The summed E-state index contributed by atoms with van der Waals surface area (Å²) < 4.78 is 5.32. The van der Waals surface area contributed by atoms with E-state index in [4.69, 9.17) is 4.74 Å². The highest BCUT2D eigenvalue weighted by Crippen LogP contribution is 2.36. The minimum atomic E-state index is -0.511. The first-order valence-corrected chi connectivity index (χ1v) is 5.55. The summed E-state index contributed by atoms with van der Waals surface area (Å²) >= 11 is 0. The van der Waals surface area contributed by atoms with Crippen LogP contribution in [0.1, 0.15) is 27.2 Å². The molecule has 2 heterocycles. The van der Waals surface area contributed by atoms with Gasteiger partial charge in [0.2, 0.25) is 5.91 Å². The Balaban J connectivity index is 2.08. The molecule has 1 spiro atoms. The number of rotatable bonds is 1. The summed E-state index contributed by atoms with van der Waals surface area (Å²) in [7, 11) is 0. The molecule has 90 valence electrons. The first kappa shape index (κ1) is 11.4. The normalized spacial score (nSPS) is 27.4. The molecule has 0 bridgehead atoms. The van der Waals surface area contributed by atoms with Crippen molar-refractivity contribution in [2.24, 2.45) is 5.41 Å². The molecule has 0 saturated carbocycles. The van der Waals surface area contributed by atoms with Gasteiger partial charge in [-0.05, 0) is 20.8 Å². The molecular weight excluding hydrogens is 208 g/mol. The summed E-state index contributed by atoms with van der Waals surface area (Å²) in [4.78, 5) is 23.3. The molecule has 0 aliphatic carbocycles. The van der Waals surface area contributed by atoms with Crippen molar-refractivity contribution in [2.45, 2.75) is 38.8 Å². The van der Waals surface area contributed by atoms with Gasteiger partial charge in [-0.25, -0.2) is 4.79 Å². The molecule has 2 N–H and O–H groups in total. The Kier molecular flexibility index (Phi) is 2.45. The fourth-order valence-electron chi connectivity index (χ4n) is 2.23. The summed E-state index contributed by atoms with van der Waals surface area (Å²) in [5.41, 5.74) is -0.762. The van der Waals surface area contributed by atoms with Crippen molar-refractivity contribution in [3.05, 3.63) is 0 Å². The zero-order valence-electron chi connectivity index (χ0n) is 9.92. The van der Waals surface area contributed by atoms with Gasteiger partial charge in [-0.1, -0.05) is 0 Å². The Morgan fingerprint density at radius 3 is 2.50 bits per heavy atom. The smallest absolute Gasteiger partial charge is 0.329 e. The average Bonchev–Trinajstić information content (AvgIpc) is 2.39. The Labute approximate surface area is 94.9 Å². The third kappa shape index (κ3) is 1.91. The number of esters is 1. The highest BCUT2D eigenvalue weighted by molar-refractivity contribution is 5.90. The average molecular weight is 226 g/mol. The minimum absolute atomic E-state index is 0.0580. The van der Waals surface area contributed by atoms with Gasteiger partial charge in [0.15, 0.2) is 0 Å². The SMILES string of the molecule is CC(C)(C)OC(=O)C1NC(=O)CC12CNC2. The number of hydrogen-bond acceptors (Lipinski definition) is 4. The van der Waals surface area contributed by atoms with E-state index in [1.54, 1.807) is 0 Å². The summed E-state index contributed by atoms with van der Waals surface area (Å²) in [5.74, 6) is -0.378. The molecule has 2 fully saturated rings. The van der Waals surface area contributed by atoms with Crippen LogP contribution >= 0.6 is 0 Å². The maximum atomic E-state index is 12.0. The first-order valence-electron chi connectivity index (χ1n) is 5.55. The van der Waals surface area contributed by atoms with E-state index < -0.39 is 11.6 Å². The zero-order chi connectivity index (χ0) is 12.0. The van der Waals surface area contributed by atoms with Crippen LogP contribution in [-0.4, -0.2) is 36.6 Å². The molecule has 0 aromatic heterocycles. The van der Waals surface area contributed by atoms with Crippen LogP contribution in [0.2, 0.25) is 0 Å². The standard InChI is InChI=1S/C11H18N2O3/c1-10(2,3)16-9(15)8-11(5-12-6-11)4-7(14)13-8/h8,12H,4-6H2,1-3H3,(H,13,14). The lowest BCUT2D eigenvalue weighted by atomic mass is 9.75. The lowest BCUT2D eigenvalue weighted by molar-refractivity contribution is -0.161. The molecule has 1 atom stereocenters. The van der Waals surface area contributed by atoms with Crippen molar-refractivity contribution in [2.75, 3.05) is 13.1 Å². The van der Waals surface area contributed by atoms with Crippen LogP contribution in [-0.2, 0) is 14.3 Å². The predicted octanol–water partition coefficient (Wildman–Crippen LogP) is -0.194. The second-order valence-corrected chi connectivity index (χ2v) is 5.68. The Hall–Kier alpha value is -1.10. The van der Waals surface area contributed by atoms with Crippen LogP contribution in [0, 0.1) is 5.41 Å². The molecule has 5 heteroatoms. The van der Waals surface area contributed by atoms with Crippen molar-refractivity contribution in [3.8, 4) is 0 Å². The van der Waals surface area contributed by atoms with Crippen LogP contribution in [0.15, 0.2) is 0 Å². The number of carbonyl (C=O) groups is 2. The highest BCUT2D eigenvalue weighted by Gasteiger charge is 2.55. The molecule has 0 aromatic rings. The van der Waals surface area contributed by atoms with Crippen molar-refractivity contribution in [1.82, 2.24) is 10.6 Å². The maximum Gasteiger partial charge on any atom is 0.329 e. The van der Waals surface area contributed by atoms with Gasteiger partial charge < -0.3 is 15.4 Å². The number of hydrogen-bond donors (Lipinski definition) is 2. The predicted molar refractivity (Wildman–Crippen MR) is 57.7 cm³/mol. The summed E-state index contributed by atoms with van der Waals surface area (Å²) in [5, 5.41) is 5.83. The van der Waals surface area contributed by atoms with E-state index in [-0.39, 0.29) is 17.3 Å². The molecule has 16 heavy (non-hydrogen) atoms. The number of carbonyl (C=O) groups excluding carboxylic acids is 2. The fraction of sp³-hybridized carbons (Fsp3) is 0.818. The molecule has 2 aliphatic rings. The first-order chi connectivity index (χ1) is 7.32. The summed E-state index contributed by atoms with van der Waals surface area (Å²) in [6.07, 6.45) is 0.421. The molecule has 2 aliphatic heterocycles. The van der Waals surface area contributed by atoms with Gasteiger partial charge in [-0.15, -0.1) is 0 Å². The monoisotopic (exact) mass is 226 g/mol. The van der Waals surface area contributed by atoms with E-state index in [1.807, 2.05) is 20.8 Å². The summed E-state index contributed by atoms with van der Waals surface area (Å²) in [6.45, 7) is 6.89. The second kappa shape index (κ2) is 3.45. The molecule has 0 aromatic carbocycles. The largest absolute Gasteiger partial charge is 0.458 e. The van der Waals surface area contributed by atoms with Gasteiger partial charge in [-0.2, -0.15) is 0 Å². The van der Waals surface area contributed by atoms with Crippen molar-refractivity contribution >= 4 is 11.9 Å². The lowest BCUT2D eigenvalue weighted by Crippen LogP contribution is -2.62. The Morgan fingerprint density at radius 1 is 1.44 bits per heavy atom. The Bertz CT molecular complexity index is 329. The third-order valence-corrected chi connectivity index (χ3v) is 3.03. The minimum Gasteiger partial charge on any atom is -0.458 e. The van der Waals surface area contributed by atoms with Crippen LogP contribution in [0.25, 0.3) is 0 Å². The molecule has 2 saturated heterocycles. The Morgan fingerprint density at radius 2 is 2.06 bits per heavy atom. The van der Waals surface area contributed by atoms with Crippen molar-refractivity contribution in [1.29, 1.82) is 0 Å². The summed E-state index contributed by atoms with van der Waals surface area (Å²) in [6, 6.07) is -0.486. The fourth-order valence-corrected chi connectivity index (χ4v) is 2.23. The molecule has 1 unspecified atom stereocenters. The van der Waals surface area contributed by atoms with Crippen LogP contribution in [0.3, 0.4) is 0 Å². The quantitative estimate of drug-likeness (QED) is 0.608. The number of amides is 1. The second-order valence-electron chi connectivity index (χ2n) is 5.68. The van der Waals surface area contributed by atoms with Gasteiger partial charge in [0.05, 0.1) is 0 Å². The van der Waals surface area contributed by atoms with Gasteiger partial charge in [0, 0.05) is 24.9 Å².